The summed E-state index contributed by atoms with van der Waals surface area (Å²) in [5, 5.41) is 3.42. The van der Waals surface area contributed by atoms with Gasteiger partial charge in [-0.1, -0.05) is 0 Å². The van der Waals surface area contributed by atoms with Crippen molar-refractivity contribution in [2.45, 2.75) is 32.4 Å². The number of carbonyl (C=O) groups excluding carboxylic acids is 1. The maximum Gasteiger partial charge on any atom is 0.410 e. The van der Waals surface area contributed by atoms with Crippen LogP contribution in [0.15, 0.2) is 12.1 Å². The van der Waals surface area contributed by atoms with Gasteiger partial charge < -0.3 is 29.2 Å². The average molecular weight is 352 g/mol. The van der Waals surface area contributed by atoms with Gasteiger partial charge in [-0.2, -0.15) is 0 Å². The molecule has 0 saturated carbocycles. The molecule has 1 aliphatic rings. The minimum Gasteiger partial charge on any atom is -0.493 e. The lowest BCUT2D eigenvalue weighted by atomic mass is 10.0. The van der Waals surface area contributed by atoms with E-state index in [-0.39, 0.29) is 12.1 Å². The standard InChI is InChI=1S/C18H28N2O5/c1-18(2,3)25-17(21)20-8-7-19-13(11-20)12-9-14(22-4)16(24-6)15(10-12)23-5/h9-10,13,19H,7-8,11H2,1-6H3/t13-/m1/s1. The molecule has 2 rings (SSSR count). The van der Waals surface area contributed by atoms with Crippen LogP contribution in [-0.4, -0.2) is 57.6 Å². The molecule has 1 amide bonds. The smallest absolute Gasteiger partial charge is 0.410 e. The van der Waals surface area contributed by atoms with Gasteiger partial charge in [0.25, 0.3) is 0 Å². The Morgan fingerprint density at radius 2 is 1.72 bits per heavy atom. The van der Waals surface area contributed by atoms with Gasteiger partial charge in [0.1, 0.15) is 5.60 Å². The van der Waals surface area contributed by atoms with E-state index in [1.807, 2.05) is 32.9 Å². The number of piperazine rings is 1. The zero-order valence-electron chi connectivity index (χ0n) is 15.8. The molecule has 7 nitrogen and oxygen atoms in total. The molecule has 0 bridgehead atoms. The highest BCUT2D eigenvalue weighted by atomic mass is 16.6. The second-order valence-electron chi connectivity index (χ2n) is 6.89. The highest BCUT2D eigenvalue weighted by Crippen LogP contribution is 2.40. The quantitative estimate of drug-likeness (QED) is 0.898. The number of carbonyl (C=O) groups is 1. The van der Waals surface area contributed by atoms with Crippen molar-refractivity contribution in [2.75, 3.05) is 41.0 Å². The molecule has 1 saturated heterocycles. The Balaban J connectivity index is 2.22. The van der Waals surface area contributed by atoms with Crippen LogP contribution >= 0.6 is 0 Å². The molecule has 1 N–H and O–H groups in total. The van der Waals surface area contributed by atoms with Crippen LogP contribution in [0.3, 0.4) is 0 Å². The van der Waals surface area contributed by atoms with Gasteiger partial charge in [-0.05, 0) is 38.5 Å². The second-order valence-corrected chi connectivity index (χ2v) is 6.89. The first kappa shape index (κ1) is 19.2. The van der Waals surface area contributed by atoms with Crippen LogP contribution in [0.25, 0.3) is 0 Å². The van der Waals surface area contributed by atoms with E-state index in [1.54, 1.807) is 26.2 Å². The third kappa shape index (κ3) is 4.69. The molecular formula is C18H28N2O5. The van der Waals surface area contributed by atoms with Gasteiger partial charge in [-0.25, -0.2) is 4.79 Å². The van der Waals surface area contributed by atoms with Crippen molar-refractivity contribution < 1.29 is 23.7 Å². The van der Waals surface area contributed by atoms with Gasteiger partial charge in [0.05, 0.1) is 27.4 Å². The molecule has 7 heteroatoms. The number of hydrogen-bond donors (Lipinski definition) is 1. The summed E-state index contributed by atoms with van der Waals surface area (Å²) in [6, 6.07) is 3.75. The molecule has 1 aliphatic heterocycles. The minimum absolute atomic E-state index is 0.0463. The predicted molar refractivity (Wildman–Crippen MR) is 94.6 cm³/mol. The molecule has 0 unspecified atom stereocenters. The van der Waals surface area contributed by atoms with Gasteiger partial charge >= 0.3 is 6.09 Å². The van der Waals surface area contributed by atoms with E-state index >= 15 is 0 Å². The van der Waals surface area contributed by atoms with Gasteiger partial charge in [-0.15, -0.1) is 0 Å². The van der Waals surface area contributed by atoms with Crippen molar-refractivity contribution in [3.63, 3.8) is 0 Å². The topological polar surface area (TPSA) is 69.3 Å². The Bertz CT molecular complexity index is 587. The molecule has 0 radical (unpaired) electrons. The summed E-state index contributed by atoms with van der Waals surface area (Å²) >= 11 is 0. The van der Waals surface area contributed by atoms with Crippen molar-refractivity contribution in [3.8, 4) is 17.2 Å². The van der Waals surface area contributed by atoms with E-state index in [1.165, 1.54) is 0 Å². The number of benzene rings is 1. The SMILES string of the molecule is COc1cc([C@H]2CN(C(=O)OC(C)(C)C)CCN2)cc(OC)c1OC. The monoisotopic (exact) mass is 352 g/mol. The van der Waals surface area contributed by atoms with E-state index in [0.29, 0.717) is 36.9 Å². The molecule has 1 aromatic rings. The van der Waals surface area contributed by atoms with Crippen molar-refractivity contribution in [3.05, 3.63) is 17.7 Å². The molecular weight excluding hydrogens is 324 g/mol. The lowest BCUT2D eigenvalue weighted by molar-refractivity contribution is 0.0195. The van der Waals surface area contributed by atoms with E-state index in [9.17, 15) is 4.79 Å². The van der Waals surface area contributed by atoms with E-state index in [0.717, 1.165) is 5.56 Å². The first-order chi connectivity index (χ1) is 11.8. The summed E-state index contributed by atoms with van der Waals surface area (Å²) in [6.45, 7) is 7.39. The lowest BCUT2D eigenvalue weighted by Crippen LogP contribution is -2.49. The summed E-state index contributed by atoms with van der Waals surface area (Å²) in [6.07, 6.45) is -0.300. The third-order valence-corrected chi connectivity index (χ3v) is 3.92. The number of amides is 1. The Labute approximate surface area is 149 Å². The average Bonchev–Trinajstić information content (AvgIpc) is 2.59. The summed E-state index contributed by atoms with van der Waals surface area (Å²) in [7, 11) is 4.74. The highest BCUT2D eigenvalue weighted by Gasteiger charge is 2.29. The van der Waals surface area contributed by atoms with Crippen LogP contribution in [-0.2, 0) is 4.74 Å². The molecule has 1 atom stereocenters. The highest BCUT2D eigenvalue weighted by molar-refractivity contribution is 5.68. The molecule has 0 aliphatic carbocycles. The van der Waals surface area contributed by atoms with Crippen molar-refractivity contribution in [2.24, 2.45) is 0 Å². The van der Waals surface area contributed by atoms with E-state index in [4.69, 9.17) is 18.9 Å². The fraction of sp³-hybridized carbons (Fsp3) is 0.611. The largest absolute Gasteiger partial charge is 0.493 e. The molecule has 25 heavy (non-hydrogen) atoms. The Hall–Kier alpha value is -2.15. The lowest BCUT2D eigenvalue weighted by Gasteiger charge is -2.35. The van der Waals surface area contributed by atoms with Gasteiger partial charge in [0, 0.05) is 19.6 Å². The Morgan fingerprint density at radius 1 is 1.12 bits per heavy atom. The summed E-state index contributed by atoms with van der Waals surface area (Å²) in [5.74, 6) is 1.73. The number of nitrogens with zero attached hydrogens (tertiary/aromatic N) is 1. The predicted octanol–water partition coefficient (Wildman–Crippen LogP) is 2.59. The fourth-order valence-electron chi connectivity index (χ4n) is 2.77. The Morgan fingerprint density at radius 3 is 2.20 bits per heavy atom. The van der Waals surface area contributed by atoms with Crippen LogP contribution in [0.5, 0.6) is 17.2 Å². The number of ether oxygens (including phenoxy) is 4. The number of methoxy groups -OCH3 is 3. The number of nitrogens with one attached hydrogen (secondary N) is 1. The Kier molecular flexibility index (Phi) is 6.00. The molecule has 140 valence electrons. The van der Waals surface area contributed by atoms with Crippen molar-refractivity contribution >= 4 is 6.09 Å². The van der Waals surface area contributed by atoms with E-state index < -0.39 is 5.60 Å². The van der Waals surface area contributed by atoms with Crippen LogP contribution in [0.2, 0.25) is 0 Å². The summed E-state index contributed by atoms with van der Waals surface area (Å²) in [5.41, 5.74) is 0.451. The summed E-state index contributed by atoms with van der Waals surface area (Å²) < 4.78 is 21.7. The van der Waals surface area contributed by atoms with E-state index in [2.05, 4.69) is 5.32 Å². The maximum atomic E-state index is 12.3. The van der Waals surface area contributed by atoms with Gasteiger partial charge in [0.2, 0.25) is 5.75 Å². The van der Waals surface area contributed by atoms with Crippen LogP contribution in [0.4, 0.5) is 4.79 Å². The van der Waals surface area contributed by atoms with Crippen LogP contribution in [0.1, 0.15) is 32.4 Å². The van der Waals surface area contributed by atoms with Crippen LogP contribution < -0.4 is 19.5 Å². The zero-order valence-corrected chi connectivity index (χ0v) is 15.8. The molecule has 0 aromatic heterocycles. The molecule has 0 spiro atoms. The van der Waals surface area contributed by atoms with Crippen molar-refractivity contribution in [1.82, 2.24) is 10.2 Å². The third-order valence-electron chi connectivity index (χ3n) is 3.92. The molecule has 1 fully saturated rings. The van der Waals surface area contributed by atoms with Crippen molar-refractivity contribution in [1.29, 1.82) is 0 Å². The van der Waals surface area contributed by atoms with Gasteiger partial charge in [-0.3, -0.25) is 0 Å². The maximum absolute atomic E-state index is 12.3. The number of rotatable bonds is 4. The number of hydrogen-bond acceptors (Lipinski definition) is 6. The van der Waals surface area contributed by atoms with Crippen LogP contribution in [0, 0.1) is 0 Å². The van der Waals surface area contributed by atoms with Gasteiger partial charge in [0.15, 0.2) is 11.5 Å². The zero-order chi connectivity index (χ0) is 18.6. The summed E-state index contributed by atoms with van der Waals surface area (Å²) in [4.78, 5) is 14.1. The first-order valence-corrected chi connectivity index (χ1v) is 8.30. The molecule has 1 aromatic carbocycles. The first-order valence-electron chi connectivity index (χ1n) is 8.30. The molecule has 1 heterocycles. The second kappa shape index (κ2) is 7.82. The fourth-order valence-corrected chi connectivity index (χ4v) is 2.77. The minimum atomic E-state index is -0.510. The normalized spacial score (nSPS) is 17.8.